The Balaban J connectivity index is 0.00000155. The molecule has 0 bridgehead atoms. The summed E-state index contributed by atoms with van der Waals surface area (Å²) < 4.78 is 29.7. The summed E-state index contributed by atoms with van der Waals surface area (Å²) in [6.07, 6.45) is 1.87. The van der Waals surface area contributed by atoms with E-state index in [1.807, 2.05) is 20.0 Å². The van der Waals surface area contributed by atoms with E-state index >= 15 is 0 Å². The number of hydrogen-bond acceptors (Lipinski definition) is 7. The second-order valence-electron chi connectivity index (χ2n) is 4.80. The molecule has 0 atom stereocenters. The minimum atomic E-state index is -2.83. The highest BCUT2D eigenvalue weighted by molar-refractivity contribution is 7.91. The van der Waals surface area contributed by atoms with Crippen LogP contribution in [0.3, 0.4) is 0 Å². The molecular formula is C13H29N5O3S. The highest BCUT2D eigenvalue weighted by Gasteiger charge is 2.22. The van der Waals surface area contributed by atoms with Gasteiger partial charge in [0, 0.05) is 33.8 Å². The van der Waals surface area contributed by atoms with Crippen LogP contribution in [-0.2, 0) is 27.7 Å². The van der Waals surface area contributed by atoms with Crippen LogP contribution in [0.5, 0.6) is 0 Å². The summed E-state index contributed by atoms with van der Waals surface area (Å²) in [6, 6.07) is 0. The maximum atomic E-state index is 11.3. The van der Waals surface area contributed by atoms with Crippen LogP contribution in [0.2, 0.25) is 0 Å². The fraction of sp³-hybridized carbons (Fsp3) is 0.846. The fourth-order valence-electron chi connectivity index (χ4n) is 2.00. The summed E-state index contributed by atoms with van der Waals surface area (Å²) >= 11 is 0. The van der Waals surface area contributed by atoms with Crippen LogP contribution < -0.4 is 5.73 Å². The zero-order valence-electron chi connectivity index (χ0n) is 13.4. The molecule has 0 amide bonds. The van der Waals surface area contributed by atoms with E-state index in [0.717, 1.165) is 5.69 Å². The molecular weight excluding hydrogens is 306 g/mol. The van der Waals surface area contributed by atoms with Crippen molar-refractivity contribution in [3.05, 3.63) is 11.9 Å². The first-order valence-electron chi connectivity index (χ1n) is 7.69. The summed E-state index contributed by atoms with van der Waals surface area (Å²) in [7, 11) is -2.83. The van der Waals surface area contributed by atoms with E-state index in [2.05, 4.69) is 15.2 Å². The monoisotopic (exact) mass is 335 g/mol. The number of nitrogens with zero attached hydrogens (tertiary/aromatic N) is 4. The Morgan fingerprint density at radius 3 is 2.64 bits per heavy atom. The molecule has 2 N–H and O–H groups in total. The minimum Gasteiger partial charge on any atom is -0.378 e. The lowest BCUT2D eigenvalue weighted by molar-refractivity contribution is 0.130. The molecule has 1 aromatic heterocycles. The van der Waals surface area contributed by atoms with E-state index in [1.165, 1.54) is 0 Å². The van der Waals surface area contributed by atoms with Gasteiger partial charge in [0.1, 0.15) is 0 Å². The molecule has 1 aliphatic heterocycles. The number of rotatable bonds is 7. The highest BCUT2D eigenvalue weighted by atomic mass is 32.2. The van der Waals surface area contributed by atoms with Crippen LogP contribution in [0.15, 0.2) is 6.20 Å². The number of nitrogens with two attached hydrogens (primary N) is 1. The summed E-state index contributed by atoms with van der Waals surface area (Å²) in [5.41, 5.74) is 6.18. The Hall–Kier alpha value is -1.03. The smallest absolute Gasteiger partial charge is 0.152 e. The van der Waals surface area contributed by atoms with Crippen LogP contribution in [0.25, 0.3) is 0 Å². The molecule has 0 aliphatic carbocycles. The molecule has 0 spiro atoms. The average Bonchev–Trinajstić information content (AvgIpc) is 2.96. The topological polar surface area (TPSA) is 103 Å². The van der Waals surface area contributed by atoms with Crippen molar-refractivity contribution >= 4 is 9.84 Å². The summed E-state index contributed by atoms with van der Waals surface area (Å²) in [5.74, 6) is 0.460. The summed E-state index contributed by atoms with van der Waals surface area (Å²) in [5, 5.41) is 8.11. The van der Waals surface area contributed by atoms with Gasteiger partial charge in [0.15, 0.2) is 9.84 Å². The van der Waals surface area contributed by atoms with Crippen molar-refractivity contribution in [3.63, 3.8) is 0 Å². The van der Waals surface area contributed by atoms with Gasteiger partial charge in [0.25, 0.3) is 0 Å². The van der Waals surface area contributed by atoms with E-state index in [4.69, 9.17) is 10.5 Å². The van der Waals surface area contributed by atoms with Crippen molar-refractivity contribution < 1.29 is 14.6 Å². The molecule has 1 saturated heterocycles. The molecule has 9 heteroatoms. The van der Waals surface area contributed by atoms with Gasteiger partial charge in [-0.3, -0.25) is 4.90 Å². The molecule has 130 valence electrons. The van der Waals surface area contributed by atoms with Crippen molar-refractivity contribution in [3.8, 4) is 0 Å². The Bertz CT molecular complexity index is 509. The van der Waals surface area contributed by atoms with Gasteiger partial charge in [-0.15, -0.1) is 5.10 Å². The minimum absolute atomic E-state index is 0. The van der Waals surface area contributed by atoms with Gasteiger partial charge in [-0.05, 0) is 0 Å². The third-order valence-corrected chi connectivity index (χ3v) is 4.74. The standard InChI is InChI=1S/C11H21N5O3S.C2H6.H2/c12-1-5-19-6-2-16-10-11(13-14-16)9-15-3-7-20(17,18)8-4-15;1-2;/h10H,1-9,12H2;1-2H3;1H. The van der Waals surface area contributed by atoms with Crippen LogP contribution in [0, 0.1) is 0 Å². The molecule has 0 saturated carbocycles. The predicted octanol–water partition coefficient (Wildman–Crippen LogP) is -0.244. The molecule has 1 aliphatic rings. The molecule has 1 aromatic rings. The van der Waals surface area contributed by atoms with Gasteiger partial charge in [-0.1, -0.05) is 19.1 Å². The maximum Gasteiger partial charge on any atom is 0.152 e. The van der Waals surface area contributed by atoms with Crippen molar-refractivity contribution in [2.75, 3.05) is 44.4 Å². The van der Waals surface area contributed by atoms with E-state index < -0.39 is 9.84 Å². The molecule has 2 heterocycles. The van der Waals surface area contributed by atoms with E-state index in [9.17, 15) is 8.42 Å². The number of sulfone groups is 1. The van der Waals surface area contributed by atoms with Crippen LogP contribution in [-0.4, -0.2) is 72.7 Å². The Morgan fingerprint density at radius 1 is 1.32 bits per heavy atom. The summed E-state index contributed by atoms with van der Waals surface area (Å²) in [6.45, 7) is 8.02. The lowest BCUT2D eigenvalue weighted by Crippen LogP contribution is -2.39. The lowest BCUT2D eigenvalue weighted by atomic mass is 10.4. The van der Waals surface area contributed by atoms with Gasteiger partial charge in [0.05, 0.1) is 37.0 Å². The van der Waals surface area contributed by atoms with E-state index in [1.54, 1.807) is 4.68 Å². The van der Waals surface area contributed by atoms with Crippen molar-refractivity contribution in [1.29, 1.82) is 0 Å². The number of ether oxygens (including phenoxy) is 1. The predicted molar refractivity (Wildman–Crippen MR) is 87.3 cm³/mol. The first-order valence-corrected chi connectivity index (χ1v) is 9.51. The van der Waals surface area contributed by atoms with Gasteiger partial charge < -0.3 is 10.5 Å². The van der Waals surface area contributed by atoms with Crippen LogP contribution >= 0.6 is 0 Å². The first kappa shape index (κ1) is 19.0. The lowest BCUT2D eigenvalue weighted by Gasteiger charge is -2.25. The molecule has 2 rings (SSSR count). The summed E-state index contributed by atoms with van der Waals surface area (Å²) in [4.78, 5) is 2.08. The zero-order valence-corrected chi connectivity index (χ0v) is 14.3. The fourth-order valence-corrected chi connectivity index (χ4v) is 3.28. The highest BCUT2D eigenvalue weighted by Crippen LogP contribution is 2.07. The SMILES string of the molecule is CC.NCCOCCn1cc(CN2CCS(=O)(=O)CC2)nn1.[HH]. The normalized spacial score (nSPS) is 17.8. The second-order valence-corrected chi connectivity index (χ2v) is 7.11. The van der Waals surface area contributed by atoms with Crippen molar-refractivity contribution in [1.82, 2.24) is 19.9 Å². The third-order valence-electron chi connectivity index (χ3n) is 3.14. The Labute approximate surface area is 134 Å². The number of aromatic nitrogens is 3. The zero-order chi connectivity index (χ0) is 16.4. The van der Waals surface area contributed by atoms with Gasteiger partial charge in [-0.2, -0.15) is 0 Å². The van der Waals surface area contributed by atoms with E-state index in [-0.39, 0.29) is 12.9 Å². The quantitative estimate of drug-likeness (QED) is 0.686. The van der Waals surface area contributed by atoms with Gasteiger partial charge >= 0.3 is 0 Å². The maximum absolute atomic E-state index is 11.3. The molecule has 0 unspecified atom stereocenters. The first-order chi connectivity index (χ1) is 10.6. The van der Waals surface area contributed by atoms with Crippen molar-refractivity contribution in [2.45, 2.75) is 26.9 Å². The Morgan fingerprint density at radius 2 is 2.00 bits per heavy atom. The van der Waals surface area contributed by atoms with Gasteiger partial charge in [-0.25, -0.2) is 13.1 Å². The largest absolute Gasteiger partial charge is 0.378 e. The molecule has 0 aromatic carbocycles. The average molecular weight is 335 g/mol. The van der Waals surface area contributed by atoms with Crippen LogP contribution in [0.4, 0.5) is 0 Å². The van der Waals surface area contributed by atoms with Crippen molar-refractivity contribution in [2.24, 2.45) is 5.73 Å². The number of hydrogen-bond donors (Lipinski definition) is 1. The van der Waals surface area contributed by atoms with Crippen LogP contribution in [0.1, 0.15) is 21.0 Å². The van der Waals surface area contributed by atoms with E-state index in [0.29, 0.717) is 45.9 Å². The van der Waals surface area contributed by atoms with Gasteiger partial charge in [0.2, 0.25) is 0 Å². The third kappa shape index (κ3) is 6.82. The molecule has 22 heavy (non-hydrogen) atoms. The molecule has 0 radical (unpaired) electrons. The molecule has 8 nitrogen and oxygen atoms in total. The Kier molecular flexibility index (Phi) is 8.54. The molecule has 1 fully saturated rings. The second kappa shape index (κ2) is 9.88.